The highest BCUT2D eigenvalue weighted by atomic mass is 35.5. The first-order valence-corrected chi connectivity index (χ1v) is 5.57. The third-order valence-corrected chi connectivity index (χ3v) is 2.54. The zero-order valence-electron chi connectivity index (χ0n) is 8.91. The number of hydrogen-bond acceptors (Lipinski definition) is 3. The van der Waals surface area contributed by atoms with Crippen LogP contribution in [0.15, 0.2) is 18.3 Å². The van der Waals surface area contributed by atoms with Gasteiger partial charge in [-0.1, -0.05) is 18.5 Å². The Bertz CT molecular complexity index is 294. The van der Waals surface area contributed by atoms with Crippen molar-refractivity contribution in [1.29, 1.82) is 0 Å². The van der Waals surface area contributed by atoms with Gasteiger partial charge in [0, 0.05) is 19.3 Å². The van der Waals surface area contributed by atoms with E-state index in [0.717, 1.165) is 25.2 Å². The molecule has 0 aliphatic carbocycles. The Kier molecular flexibility index (Phi) is 5.43. The maximum atomic E-state index is 8.84. The van der Waals surface area contributed by atoms with Gasteiger partial charge >= 0.3 is 0 Å². The average molecular weight is 229 g/mol. The van der Waals surface area contributed by atoms with E-state index in [4.69, 9.17) is 16.7 Å². The van der Waals surface area contributed by atoms with Gasteiger partial charge in [-0.05, 0) is 30.9 Å². The highest BCUT2D eigenvalue weighted by Gasteiger charge is 2.01. The molecule has 0 fully saturated rings. The lowest BCUT2D eigenvalue weighted by Gasteiger charge is -2.09. The summed E-state index contributed by atoms with van der Waals surface area (Å²) in [6.07, 6.45) is 3.73. The van der Waals surface area contributed by atoms with E-state index in [1.54, 1.807) is 12.3 Å². The minimum atomic E-state index is 0.254. The number of halogens is 1. The molecule has 1 unspecified atom stereocenters. The second-order valence-corrected chi connectivity index (χ2v) is 4.10. The van der Waals surface area contributed by atoms with Gasteiger partial charge in [-0.25, -0.2) is 4.98 Å². The Morgan fingerprint density at radius 3 is 3.07 bits per heavy atom. The monoisotopic (exact) mass is 228 g/mol. The number of nitrogens with one attached hydrogen (secondary N) is 1. The normalized spacial score (nSPS) is 12.5. The molecule has 1 heterocycles. The highest BCUT2D eigenvalue weighted by Crippen LogP contribution is 2.17. The van der Waals surface area contributed by atoms with Crippen LogP contribution in [-0.4, -0.2) is 23.2 Å². The van der Waals surface area contributed by atoms with Crippen molar-refractivity contribution in [2.75, 3.05) is 18.5 Å². The number of aliphatic hydroxyl groups is 1. The van der Waals surface area contributed by atoms with Gasteiger partial charge in [0.1, 0.15) is 5.82 Å². The summed E-state index contributed by atoms with van der Waals surface area (Å²) in [5, 5.41) is 12.7. The van der Waals surface area contributed by atoms with Crippen molar-refractivity contribution in [1.82, 2.24) is 4.98 Å². The third kappa shape index (κ3) is 4.49. The van der Waals surface area contributed by atoms with Crippen LogP contribution in [0.3, 0.4) is 0 Å². The Labute approximate surface area is 95.5 Å². The number of pyridine rings is 1. The molecule has 0 saturated heterocycles. The average Bonchev–Trinajstić information content (AvgIpc) is 2.26. The van der Waals surface area contributed by atoms with Crippen LogP contribution in [0.4, 0.5) is 5.82 Å². The summed E-state index contributed by atoms with van der Waals surface area (Å²) in [6.45, 7) is 3.12. The highest BCUT2D eigenvalue weighted by molar-refractivity contribution is 6.32. The molecule has 0 radical (unpaired) electrons. The first-order chi connectivity index (χ1) is 7.24. The molecule has 1 aromatic heterocycles. The summed E-state index contributed by atoms with van der Waals surface area (Å²) in [7, 11) is 0. The molecule has 0 aliphatic rings. The molecule has 0 aliphatic heterocycles. The quantitative estimate of drug-likeness (QED) is 0.736. The minimum absolute atomic E-state index is 0.254. The molecular weight excluding hydrogens is 212 g/mol. The van der Waals surface area contributed by atoms with E-state index >= 15 is 0 Å². The van der Waals surface area contributed by atoms with Crippen LogP contribution in [0, 0.1) is 5.92 Å². The molecular formula is C11H17ClN2O. The molecule has 1 atom stereocenters. The topological polar surface area (TPSA) is 45.1 Å². The summed E-state index contributed by atoms with van der Waals surface area (Å²) in [4.78, 5) is 4.12. The molecule has 1 aromatic rings. The molecule has 2 N–H and O–H groups in total. The zero-order chi connectivity index (χ0) is 11.1. The van der Waals surface area contributed by atoms with Crippen LogP contribution in [0.5, 0.6) is 0 Å². The van der Waals surface area contributed by atoms with Gasteiger partial charge in [0.05, 0.1) is 5.02 Å². The lowest BCUT2D eigenvalue weighted by molar-refractivity contribution is 0.229. The first-order valence-electron chi connectivity index (χ1n) is 5.19. The zero-order valence-corrected chi connectivity index (χ0v) is 9.67. The second-order valence-electron chi connectivity index (χ2n) is 3.69. The van der Waals surface area contributed by atoms with E-state index in [1.807, 2.05) is 13.0 Å². The fraction of sp³-hybridized carbons (Fsp3) is 0.545. The molecule has 0 bridgehead atoms. The van der Waals surface area contributed by atoms with Crippen molar-refractivity contribution < 1.29 is 5.11 Å². The van der Waals surface area contributed by atoms with Crippen molar-refractivity contribution in [3.63, 3.8) is 0 Å². The van der Waals surface area contributed by atoms with E-state index in [0.29, 0.717) is 10.9 Å². The molecule has 0 saturated carbocycles. The first kappa shape index (κ1) is 12.3. The van der Waals surface area contributed by atoms with Gasteiger partial charge in [-0.15, -0.1) is 0 Å². The predicted octanol–water partition coefficient (Wildman–Crippen LogP) is 2.56. The second kappa shape index (κ2) is 6.64. The van der Waals surface area contributed by atoms with E-state index in [2.05, 4.69) is 10.3 Å². The van der Waals surface area contributed by atoms with Gasteiger partial charge in [0.25, 0.3) is 0 Å². The fourth-order valence-corrected chi connectivity index (χ4v) is 1.45. The van der Waals surface area contributed by atoms with Crippen molar-refractivity contribution in [3.8, 4) is 0 Å². The molecule has 84 valence electrons. The summed E-state index contributed by atoms with van der Waals surface area (Å²) in [6, 6.07) is 3.62. The van der Waals surface area contributed by atoms with Crippen molar-refractivity contribution in [2.45, 2.75) is 19.8 Å². The largest absolute Gasteiger partial charge is 0.396 e. The van der Waals surface area contributed by atoms with Crippen LogP contribution in [0.25, 0.3) is 0 Å². The van der Waals surface area contributed by atoms with E-state index in [1.165, 1.54) is 0 Å². The Hall–Kier alpha value is -0.800. The van der Waals surface area contributed by atoms with Crippen molar-refractivity contribution >= 4 is 17.4 Å². The number of rotatable bonds is 6. The summed E-state index contributed by atoms with van der Waals surface area (Å²) < 4.78 is 0. The summed E-state index contributed by atoms with van der Waals surface area (Å²) in [5.74, 6) is 1.10. The maximum absolute atomic E-state index is 8.84. The molecule has 0 spiro atoms. The van der Waals surface area contributed by atoms with E-state index in [9.17, 15) is 0 Å². The van der Waals surface area contributed by atoms with Crippen LogP contribution in [0.1, 0.15) is 19.8 Å². The summed E-state index contributed by atoms with van der Waals surface area (Å²) in [5.41, 5.74) is 0. The van der Waals surface area contributed by atoms with Gasteiger partial charge in [-0.3, -0.25) is 0 Å². The maximum Gasteiger partial charge on any atom is 0.144 e. The Morgan fingerprint density at radius 1 is 1.60 bits per heavy atom. The molecule has 4 heteroatoms. The number of aromatic nitrogens is 1. The third-order valence-electron chi connectivity index (χ3n) is 2.24. The minimum Gasteiger partial charge on any atom is -0.396 e. The van der Waals surface area contributed by atoms with Crippen LogP contribution < -0.4 is 5.32 Å². The SMILES string of the molecule is CC(CO)CCCNc1ncccc1Cl. The number of hydrogen-bond donors (Lipinski definition) is 2. The molecule has 0 aromatic carbocycles. The Morgan fingerprint density at radius 2 is 2.40 bits per heavy atom. The van der Waals surface area contributed by atoms with Crippen LogP contribution in [-0.2, 0) is 0 Å². The van der Waals surface area contributed by atoms with Crippen molar-refractivity contribution in [3.05, 3.63) is 23.4 Å². The van der Waals surface area contributed by atoms with E-state index < -0.39 is 0 Å². The van der Waals surface area contributed by atoms with Crippen molar-refractivity contribution in [2.24, 2.45) is 5.92 Å². The number of nitrogens with zero attached hydrogens (tertiary/aromatic N) is 1. The fourth-order valence-electron chi connectivity index (χ4n) is 1.26. The van der Waals surface area contributed by atoms with Crippen LogP contribution >= 0.6 is 11.6 Å². The number of anilines is 1. The molecule has 15 heavy (non-hydrogen) atoms. The van der Waals surface area contributed by atoms with Gasteiger partial charge < -0.3 is 10.4 Å². The lowest BCUT2D eigenvalue weighted by Crippen LogP contribution is -2.07. The van der Waals surface area contributed by atoms with Gasteiger partial charge in [0.2, 0.25) is 0 Å². The predicted molar refractivity (Wildman–Crippen MR) is 63.2 cm³/mol. The van der Waals surface area contributed by atoms with E-state index in [-0.39, 0.29) is 6.61 Å². The molecule has 3 nitrogen and oxygen atoms in total. The molecule has 0 amide bonds. The smallest absolute Gasteiger partial charge is 0.144 e. The number of aliphatic hydroxyl groups excluding tert-OH is 1. The summed E-state index contributed by atoms with van der Waals surface area (Å²) >= 11 is 5.93. The standard InChI is InChI=1S/C11H17ClN2O/c1-9(8-15)4-2-6-13-11-10(12)5-3-7-14-11/h3,5,7,9,15H,2,4,6,8H2,1H3,(H,13,14). The lowest BCUT2D eigenvalue weighted by atomic mass is 10.1. The molecule has 1 rings (SSSR count). The van der Waals surface area contributed by atoms with Gasteiger partial charge in [0.15, 0.2) is 0 Å². The van der Waals surface area contributed by atoms with Gasteiger partial charge in [-0.2, -0.15) is 0 Å². The van der Waals surface area contributed by atoms with Crippen LogP contribution in [0.2, 0.25) is 5.02 Å². The Balaban J connectivity index is 2.23.